The summed E-state index contributed by atoms with van der Waals surface area (Å²) in [5, 5.41) is 4.69. The number of epoxide rings is 1. The Bertz CT molecular complexity index is 1020. The molecule has 136 valence electrons. The van der Waals surface area contributed by atoms with E-state index < -0.39 is 0 Å². The van der Waals surface area contributed by atoms with Crippen LogP contribution in [0.5, 0.6) is 5.75 Å². The zero-order valence-electron chi connectivity index (χ0n) is 15.2. The van der Waals surface area contributed by atoms with Crippen molar-refractivity contribution in [1.29, 1.82) is 0 Å². The quantitative estimate of drug-likeness (QED) is 0.688. The van der Waals surface area contributed by atoms with Gasteiger partial charge in [-0.1, -0.05) is 13.0 Å². The number of H-pyrrole nitrogens is 1. The molecule has 1 unspecified atom stereocenters. The molecule has 7 heteroatoms. The van der Waals surface area contributed by atoms with Gasteiger partial charge in [0.25, 0.3) is 5.56 Å². The first kappa shape index (κ1) is 16.8. The SMILES string of the molecule is CCCc1nc(C)c2c(=O)[nH]c(-c3cc(C4CO4)ccc3OCC)nn12. The zero-order chi connectivity index (χ0) is 18.3. The fourth-order valence-electron chi connectivity index (χ4n) is 3.20. The second-order valence-corrected chi connectivity index (χ2v) is 6.44. The number of imidazole rings is 1. The molecule has 3 aromatic rings. The minimum Gasteiger partial charge on any atom is -0.493 e. The van der Waals surface area contributed by atoms with Gasteiger partial charge in [-0.05, 0) is 38.0 Å². The fraction of sp³-hybridized carbons (Fsp3) is 0.421. The molecule has 0 radical (unpaired) electrons. The van der Waals surface area contributed by atoms with E-state index in [1.807, 2.05) is 32.0 Å². The molecule has 1 aromatic carbocycles. The third-order valence-electron chi connectivity index (χ3n) is 4.48. The van der Waals surface area contributed by atoms with Crippen LogP contribution in [0.3, 0.4) is 0 Å². The molecule has 3 heterocycles. The van der Waals surface area contributed by atoms with Crippen molar-refractivity contribution in [1.82, 2.24) is 19.6 Å². The number of aromatic nitrogens is 4. The van der Waals surface area contributed by atoms with E-state index in [-0.39, 0.29) is 11.7 Å². The Kier molecular flexibility index (Phi) is 4.24. The van der Waals surface area contributed by atoms with Crippen molar-refractivity contribution in [3.63, 3.8) is 0 Å². The normalized spacial score (nSPS) is 16.2. The van der Waals surface area contributed by atoms with E-state index >= 15 is 0 Å². The van der Waals surface area contributed by atoms with Crippen LogP contribution in [0.25, 0.3) is 16.9 Å². The van der Waals surface area contributed by atoms with Gasteiger partial charge < -0.3 is 14.5 Å². The van der Waals surface area contributed by atoms with Gasteiger partial charge in [-0.3, -0.25) is 4.79 Å². The minimum atomic E-state index is -0.196. The maximum atomic E-state index is 12.7. The molecule has 1 aliphatic rings. The van der Waals surface area contributed by atoms with Crippen LogP contribution >= 0.6 is 0 Å². The van der Waals surface area contributed by atoms with Gasteiger partial charge in [-0.25, -0.2) is 9.50 Å². The first-order valence-corrected chi connectivity index (χ1v) is 8.99. The molecule has 1 aliphatic heterocycles. The van der Waals surface area contributed by atoms with Crippen molar-refractivity contribution < 1.29 is 9.47 Å². The lowest BCUT2D eigenvalue weighted by Crippen LogP contribution is -2.16. The van der Waals surface area contributed by atoms with Crippen LogP contribution in [-0.2, 0) is 11.2 Å². The van der Waals surface area contributed by atoms with E-state index in [0.717, 1.165) is 36.4 Å². The van der Waals surface area contributed by atoms with E-state index in [2.05, 4.69) is 22.0 Å². The molecule has 0 saturated carbocycles. The Morgan fingerprint density at radius 3 is 2.88 bits per heavy atom. The van der Waals surface area contributed by atoms with E-state index in [9.17, 15) is 4.79 Å². The van der Waals surface area contributed by atoms with Gasteiger partial charge >= 0.3 is 0 Å². The first-order chi connectivity index (χ1) is 12.6. The van der Waals surface area contributed by atoms with Gasteiger partial charge in [0.2, 0.25) is 0 Å². The number of fused-ring (bicyclic) bond motifs is 1. The molecule has 0 amide bonds. The van der Waals surface area contributed by atoms with Gasteiger partial charge in [0, 0.05) is 6.42 Å². The molecular formula is C19H22N4O3. The summed E-state index contributed by atoms with van der Waals surface area (Å²) in [6, 6.07) is 5.88. The van der Waals surface area contributed by atoms with Crippen LogP contribution in [0, 0.1) is 6.92 Å². The van der Waals surface area contributed by atoms with Crippen molar-refractivity contribution >= 4 is 5.52 Å². The molecule has 1 fully saturated rings. The average molecular weight is 354 g/mol. The summed E-state index contributed by atoms with van der Waals surface area (Å²) in [5.74, 6) is 1.96. The van der Waals surface area contributed by atoms with Gasteiger partial charge in [-0.15, -0.1) is 5.10 Å². The second-order valence-electron chi connectivity index (χ2n) is 6.44. The molecule has 0 spiro atoms. The number of ether oxygens (including phenoxy) is 2. The summed E-state index contributed by atoms with van der Waals surface area (Å²) in [7, 11) is 0. The maximum absolute atomic E-state index is 12.7. The van der Waals surface area contributed by atoms with Crippen LogP contribution < -0.4 is 10.3 Å². The second kappa shape index (κ2) is 6.57. The Labute approximate surface area is 151 Å². The summed E-state index contributed by atoms with van der Waals surface area (Å²) >= 11 is 0. The summed E-state index contributed by atoms with van der Waals surface area (Å²) < 4.78 is 12.8. The first-order valence-electron chi connectivity index (χ1n) is 8.99. The van der Waals surface area contributed by atoms with Crippen molar-refractivity contribution in [2.24, 2.45) is 0 Å². The van der Waals surface area contributed by atoms with E-state index in [0.29, 0.717) is 29.4 Å². The maximum Gasteiger partial charge on any atom is 0.277 e. The van der Waals surface area contributed by atoms with Crippen molar-refractivity contribution in [3.05, 3.63) is 45.6 Å². The molecule has 1 N–H and O–H groups in total. The largest absolute Gasteiger partial charge is 0.493 e. The third kappa shape index (κ3) is 2.88. The van der Waals surface area contributed by atoms with Crippen molar-refractivity contribution in [3.8, 4) is 17.1 Å². The van der Waals surface area contributed by atoms with Crippen molar-refractivity contribution in [2.75, 3.05) is 13.2 Å². The van der Waals surface area contributed by atoms with Crippen LogP contribution in [0.4, 0.5) is 0 Å². The predicted molar refractivity (Wildman–Crippen MR) is 97.6 cm³/mol. The standard InChI is InChI=1S/C19H22N4O3/c1-4-6-16-20-11(3)17-19(24)21-18(22-23(16)17)13-9-12(15-10-26-15)7-8-14(13)25-5-2/h7-9,15H,4-6,10H2,1-3H3,(H,21,22,24). The van der Waals surface area contributed by atoms with Gasteiger partial charge in [0.15, 0.2) is 11.3 Å². The highest BCUT2D eigenvalue weighted by molar-refractivity contribution is 5.66. The number of aryl methyl sites for hydroxylation is 2. The molecule has 4 rings (SSSR count). The number of hydrogen-bond acceptors (Lipinski definition) is 5. The molecule has 1 saturated heterocycles. The summed E-state index contributed by atoms with van der Waals surface area (Å²) in [6.07, 6.45) is 1.81. The van der Waals surface area contributed by atoms with Crippen molar-refractivity contribution in [2.45, 2.75) is 39.7 Å². The summed E-state index contributed by atoms with van der Waals surface area (Å²) in [4.78, 5) is 20.1. The predicted octanol–water partition coefficient (Wildman–Crippen LogP) is 2.82. The minimum absolute atomic E-state index is 0.117. The molecule has 0 bridgehead atoms. The Morgan fingerprint density at radius 1 is 1.38 bits per heavy atom. The van der Waals surface area contributed by atoms with Gasteiger partial charge in [0.1, 0.15) is 17.7 Å². The average Bonchev–Trinajstić information content (AvgIpc) is 3.41. The lowest BCUT2D eigenvalue weighted by molar-refractivity contribution is 0.341. The highest BCUT2D eigenvalue weighted by atomic mass is 16.6. The molecule has 26 heavy (non-hydrogen) atoms. The number of rotatable bonds is 6. The summed E-state index contributed by atoms with van der Waals surface area (Å²) in [5.41, 5.74) is 2.81. The van der Waals surface area contributed by atoms with Gasteiger partial charge in [0.05, 0.1) is 24.5 Å². The molecule has 0 aliphatic carbocycles. The van der Waals surface area contributed by atoms with E-state index in [1.165, 1.54) is 0 Å². The zero-order valence-corrected chi connectivity index (χ0v) is 15.2. The molecule has 2 aromatic heterocycles. The topological polar surface area (TPSA) is 84.8 Å². The highest BCUT2D eigenvalue weighted by Gasteiger charge is 2.26. The number of nitrogens with one attached hydrogen (secondary N) is 1. The van der Waals surface area contributed by atoms with E-state index in [1.54, 1.807) is 4.52 Å². The van der Waals surface area contributed by atoms with Gasteiger partial charge in [-0.2, -0.15) is 0 Å². The molecular weight excluding hydrogens is 332 g/mol. The molecule has 7 nitrogen and oxygen atoms in total. The molecule has 1 atom stereocenters. The van der Waals surface area contributed by atoms with Crippen LogP contribution in [0.15, 0.2) is 23.0 Å². The fourth-order valence-corrected chi connectivity index (χ4v) is 3.20. The lowest BCUT2D eigenvalue weighted by atomic mass is 10.1. The smallest absolute Gasteiger partial charge is 0.277 e. The Morgan fingerprint density at radius 2 is 2.19 bits per heavy atom. The number of nitrogens with zero attached hydrogens (tertiary/aromatic N) is 3. The van der Waals surface area contributed by atoms with Crippen LogP contribution in [0.2, 0.25) is 0 Å². The Hall–Kier alpha value is -2.67. The lowest BCUT2D eigenvalue weighted by Gasteiger charge is -2.11. The summed E-state index contributed by atoms with van der Waals surface area (Å²) in [6.45, 7) is 7.10. The van der Waals surface area contributed by atoms with E-state index in [4.69, 9.17) is 9.47 Å². The highest BCUT2D eigenvalue weighted by Crippen LogP contribution is 2.36. The third-order valence-corrected chi connectivity index (χ3v) is 4.48. The number of hydrogen-bond donors (Lipinski definition) is 1. The van der Waals surface area contributed by atoms with Crippen LogP contribution in [-0.4, -0.2) is 32.8 Å². The Balaban J connectivity index is 1.92. The number of aromatic amines is 1. The monoisotopic (exact) mass is 354 g/mol. The number of benzene rings is 1. The van der Waals surface area contributed by atoms with Crippen LogP contribution in [0.1, 0.15) is 43.5 Å².